The van der Waals surface area contributed by atoms with Gasteiger partial charge in [-0.15, -0.1) is 0 Å². The lowest BCUT2D eigenvalue weighted by Crippen LogP contribution is -2.32. The fraction of sp³-hybridized carbons (Fsp3) is 0.154. The average Bonchev–Trinajstić information content (AvgIpc) is 3.08. The van der Waals surface area contributed by atoms with E-state index in [9.17, 15) is 19.2 Å². The maximum Gasteiger partial charge on any atom is 0.338 e. The van der Waals surface area contributed by atoms with E-state index in [1.54, 1.807) is 19.1 Å². The van der Waals surface area contributed by atoms with Gasteiger partial charge in [0.2, 0.25) is 0 Å². The first kappa shape index (κ1) is 22.0. The van der Waals surface area contributed by atoms with Gasteiger partial charge in [0.15, 0.2) is 6.61 Å². The molecule has 1 N–H and O–H groups in total. The molecule has 33 heavy (non-hydrogen) atoms. The number of carbonyl (C=O) groups is 4. The van der Waals surface area contributed by atoms with Crippen LogP contribution in [0, 0.1) is 6.92 Å². The molecule has 7 heteroatoms. The molecule has 0 aromatic heterocycles. The first-order chi connectivity index (χ1) is 15.8. The molecule has 0 fully saturated rings. The SMILES string of the molecule is Cc1ccc(NC(=O)COC(=O)c2ccc3c(c2)C(=O)N([C@@H](C)c2ccccc2)C3=O)cc1. The number of nitrogens with zero attached hydrogens (tertiary/aromatic N) is 1. The van der Waals surface area contributed by atoms with E-state index in [0.717, 1.165) is 11.1 Å². The Balaban J connectivity index is 1.43. The van der Waals surface area contributed by atoms with Crippen molar-refractivity contribution in [3.05, 3.63) is 101 Å². The molecule has 1 aliphatic heterocycles. The van der Waals surface area contributed by atoms with Gasteiger partial charge in [-0.25, -0.2) is 4.79 Å². The van der Waals surface area contributed by atoms with E-state index >= 15 is 0 Å². The minimum Gasteiger partial charge on any atom is -0.452 e. The third kappa shape index (κ3) is 4.52. The Morgan fingerprint density at radius 2 is 1.58 bits per heavy atom. The smallest absolute Gasteiger partial charge is 0.338 e. The maximum absolute atomic E-state index is 13.0. The van der Waals surface area contributed by atoms with E-state index < -0.39 is 36.3 Å². The number of imide groups is 1. The molecule has 0 spiro atoms. The summed E-state index contributed by atoms with van der Waals surface area (Å²) in [5.41, 5.74) is 2.94. The second kappa shape index (κ2) is 9.08. The number of fused-ring (bicyclic) bond motifs is 1. The fourth-order valence-electron chi connectivity index (χ4n) is 3.67. The Labute approximate surface area is 191 Å². The zero-order chi connectivity index (χ0) is 23.5. The molecule has 0 radical (unpaired) electrons. The Hall–Kier alpha value is -4.26. The van der Waals surface area contributed by atoms with Crippen molar-refractivity contribution < 1.29 is 23.9 Å². The van der Waals surface area contributed by atoms with E-state index in [1.165, 1.54) is 23.1 Å². The molecular formula is C26H22N2O5. The zero-order valence-electron chi connectivity index (χ0n) is 18.2. The van der Waals surface area contributed by atoms with Gasteiger partial charge in [-0.05, 0) is 49.7 Å². The summed E-state index contributed by atoms with van der Waals surface area (Å²) in [5.74, 6) is -2.13. The Morgan fingerprint density at radius 1 is 0.909 bits per heavy atom. The van der Waals surface area contributed by atoms with Crippen molar-refractivity contribution in [2.45, 2.75) is 19.9 Å². The number of nitrogens with one attached hydrogen (secondary N) is 1. The molecule has 0 saturated carbocycles. The van der Waals surface area contributed by atoms with Gasteiger partial charge >= 0.3 is 5.97 Å². The van der Waals surface area contributed by atoms with Crippen LogP contribution in [-0.4, -0.2) is 35.2 Å². The van der Waals surface area contributed by atoms with E-state index in [0.29, 0.717) is 5.69 Å². The molecule has 3 amide bonds. The molecule has 1 heterocycles. The van der Waals surface area contributed by atoms with Crippen LogP contribution in [0.1, 0.15) is 55.2 Å². The maximum atomic E-state index is 13.0. The number of anilines is 1. The lowest BCUT2D eigenvalue weighted by Gasteiger charge is -2.22. The highest BCUT2D eigenvalue weighted by Gasteiger charge is 2.39. The van der Waals surface area contributed by atoms with E-state index in [2.05, 4.69) is 5.32 Å². The van der Waals surface area contributed by atoms with Crippen molar-refractivity contribution in [2.75, 3.05) is 11.9 Å². The van der Waals surface area contributed by atoms with Crippen LogP contribution in [0.4, 0.5) is 5.69 Å². The van der Waals surface area contributed by atoms with Crippen LogP contribution in [0.2, 0.25) is 0 Å². The van der Waals surface area contributed by atoms with Crippen LogP contribution < -0.4 is 5.32 Å². The van der Waals surface area contributed by atoms with Crippen molar-refractivity contribution in [2.24, 2.45) is 0 Å². The fourth-order valence-corrected chi connectivity index (χ4v) is 3.67. The van der Waals surface area contributed by atoms with Crippen LogP contribution in [0.5, 0.6) is 0 Å². The van der Waals surface area contributed by atoms with Gasteiger partial charge in [-0.3, -0.25) is 19.3 Å². The molecule has 3 aromatic carbocycles. The standard InChI is InChI=1S/C26H22N2O5/c1-16-8-11-20(12-9-16)27-23(29)15-33-26(32)19-10-13-21-22(14-19)25(31)28(24(21)30)17(2)18-6-4-3-5-7-18/h3-14,17H,15H2,1-2H3,(H,27,29)/t17-/m0/s1. The third-order valence-electron chi connectivity index (χ3n) is 5.49. The summed E-state index contributed by atoms with van der Waals surface area (Å²) in [6.45, 7) is 3.23. The van der Waals surface area contributed by atoms with Gasteiger partial charge in [0.05, 0.1) is 22.7 Å². The zero-order valence-corrected chi connectivity index (χ0v) is 18.2. The lowest BCUT2D eigenvalue weighted by atomic mass is 10.1. The number of hydrogen-bond donors (Lipinski definition) is 1. The third-order valence-corrected chi connectivity index (χ3v) is 5.49. The molecule has 0 aliphatic carbocycles. The number of rotatable bonds is 6. The Kier molecular flexibility index (Phi) is 6.04. The number of aryl methyl sites for hydroxylation is 1. The minimum atomic E-state index is -0.758. The second-order valence-electron chi connectivity index (χ2n) is 7.82. The summed E-state index contributed by atoms with van der Waals surface area (Å²) in [5, 5.41) is 2.64. The average molecular weight is 442 g/mol. The Bertz CT molecular complexity index is 1240. The van der Waals surface area contributed by atoms with Gasteiger partial charge in [0, 0.05) is 5.69 Å². The quantitative estimate of drug-likeness (QED) is 0.457. The first-order valence-electron chi connectivity index (χ1n) is 10.5. The number of carbonyl (C=O) groups excluding carboxylic acids is 4. The highest BCUT2D eigenvalue weighted by atomic mass is 16.5. The summed E-state index contributed by atoms with van der Waals surface area (Å²) in [4.78, 5) is 51.5. The predicted molar refractivity (Wildman–Crippen MR) is 122 cm³/mol. The van der Waals surface area contributed by atoms with Crippen LogP contribution in [0.25, 0.3) is 0 Å². The van der Waals surface area contributed by atoms with Gasteiger partial charge in [0.25, 0.3) is 17.7 Å². The lowest BCUT2D eigenvalue weighted by molar-refractivity contribution is -0.119. The van der Waals surface area contributed by atoms with Crippen molar-refractivity contribution in [1.82, 2.24) is 4.90 Å². The van der Waals surface area contributed by atoms with Gasteiger partial charge < -0.3 is 10.1 Å². The van der Waals surface area contributed by atoms with Crippen molar-refractivity contribution in [1.29, 1.82) is 0 Å². The molecule has 166 valence electrons. The van der Waals surface area contributed by atoms with E-state index in [4.69, 9.17) is 4.74 Å². The molecule has 4 rings (SSSR count). The van der Waals surface area contributed by atoms with Crippen molar-refractivity contribution in [3.8, 4) is 0 Å². The molecular weight excluding hydrogens is 420 g/mol. The molecule has 0 bridgehead atoms. The summed E-state index contributed by atoms with van der Waals surface area (Å²) >= 11 is 0. The van der Waals surface area contributed by atoms with Gasteiger partial charge in [0.1, 0.15) is 0 Å². The molecule has 3 aromatic rings. The number of ether oxygens (including phenoxy) is 1. The highest BCUT2D eigenvalue weighted by Crippen LogP contribution is 2.31. The molecule has 1 atom stereocenters. The molecule has 1 aliphatic rings. The molecule has 7 nitrogen and oxygen atoms in total. The normalized spacial score (nSPS) is 13.5. The van der Waals surface area contributed by atoms with Crippen molar-refractivity contribution >= 4 is 29.4 Å². The number of benzene rings is 3. The summed E-state index contributed by atoms with van der Waals surface area (Å²) < 4.78 is 5.09. The van der Waals surface area contributed by atoms with Crippen LogP contribution in [-0.2, 0) is 9.53 Å². The highest BCUT2D eigenvalue weighted by molar-refractivity contribution is 6.22. The number of amides is 3. The minimum absolute atomic E-state index is 0.0900. The summed E-state index contributed by atoms with van der Waals surface area (Å²) in [6, 6.07) is 20.2. The van der Waals surface area contributed by atoms with Crippen LogP contribution >= 0.6 is 0 Å². The van der Waals surface area contributed by atoms with E-state index in [1.807, 2.05) is 49.4 Å². The topological polar surface area (TPSA) is 92.8 Å². The summed E-state index contributed by atoms with van der Waals surface area (Å²) in [7, 11) is 0. The molecule has 0 saturated heterocycles. The number of esters is 1. The second-order valence-corrected chi connectivity index (χ2v) is 7.82. The van der Waals surface area contributed by atoms with Crippen LogP contribution in [0.3, 0.4) is 0 Å². The summed E-state index contributed by atoms with van der Waals surface area (Å²) in [6.07, 6.45) is 0. The van der Waals surface area contributed by atoms with Crippen LogP contribution in [0.15, 0.2) is 72.8 Å². The first-order valence-corrected chi connectivity index (χ1v) is 10.5. The van der Waals surface area contributed by atoms with Gasteiger partial charge in [-0.2, -0.15) is 0 Å². The number of hydrogen-bond acceptors (Lipinski definition) is 5. The van der Waals surface area contributed by atoms with E-state index in [-0.39, 0.29) is 16.7 Å². The van der Waals surface area contributed by atoms with Gasteiger partial charge in [-0.1, -0.05) is 48.0 Å². The van der Waals surface area contributed by atoms with Crippen molar-refractivity contribution in [3.63, 3.8) is 0 Å². The monoisotopic (exact) mass is 442 g/mol. The largest absolute Gasteiger partial charge is 0.452 e. The predicted octanol–water partition coefficient (Wildman–Crippen LogP) is 4.15. The Morgan fingerprint density at radius 3 is 2.27 bits per heavy atom. The molecule has 0 unspecified atom stereocenters.